The zero-order valence-corrected chi connectivity index (χ0v) is 23.1. The van der Waals surface area contributed by atoms with E-state index in [9.17, 15) is 25.2 Å². The lowest BCUT2D eigenvalue weighted by Gasteiger charge is -2.66. The van der Waals surface area contributed by atoms with Crippen LogP contribution in [0.4, 0.5) is 0 Å². The average molecular weight is 535 g/mol. The van der Waals surface area contributed by atoms with Crippen molar-refractivity contribution in [3.05, 3.63) is 11.6 Å². The van der Waals surface area contributed by atoms with Crippen molar-refractivity contribution in [3.8, 4) is 0 Å². The molecule has 0 spiro atoms. The Balaban J connectivity index is 1.15. The smallest absolute Gasteiger partial charge is 0.331 e. The minimum Gasteiger partial charge on any atom is -0.458 e. The number of cyclic esters (lactones) is 1. The first-order valence-corrected chi connectivity index (χ1v) is 14.9. The van der Waals surface area contributed by atoms with E-state index in [4.69, 9.17) is 14.2 Å². The Morgan fingerprint density at radius 1 is 1.00 bits per heavy atom. The van der Waals surface area contributed by atoms with Crippen molar-refractivity contribution in [2.45, 2.75) is 121 Å². The molecule has 214 valence electrons. The van der Waals surface area contributed by atoms with E-state index < -0.39 is 35.8 Å². The highest BCUT2D eigenvalue weighted by molar-refractivity contribution is 5.85. The third-order valence-electron chi connectivity index (χ3n) is 12.4. The monoisotopic (exact) mass is 534 g/mol. The zero-order chi connectivity index (χ0) is 27.1. The first kappa shape index (κ1) is 27.2. The molecule has 38 heavy (non-hydrogen) atoms. The Bertz CT molecular complexity index is 971. The number of hydrogen-bond donors (Lipinski definition) is 4. The lowest BCUT2D eigenvalue weighted by molar-refractivity contribution is -0.266. The van der Waals surface area contributed by atoms with Gasteiger partial charge in [0.2, 0.25) is 0 Å². The van der Waals surface area contributed by atoms with Crippen LogP contribution in [0.2, 0.25) is 0 Å². The van der Waals surface area contributed by atoms with E-state index in [1.807, 2.05) is 0 Å². The van der Waals surface area contributed by atoms with E-state index in [0.717, 1.165) is 50.5 Å². The minimum atomic E-state index is -0.894. The van der Waals surface area contributed by atoms with Gasteiger partial charge in [-0.3, -0.25) is 0 Å². The van der Waals surface area contributed by atoms with Crippen molar-refractivity contribution in [1.29, 1.82) is 0 Å². The van der Waals surface area contributed by atoms with Crippen molar-refractivity contribution in [2.75, 3.05) is 13.2 Å². The molecule has 5 fully saturated rings. The molecule has 0 radical (unpaired) electrons. The summed E-state index contributed by atoms with van der Waals surface area (Å²) >= 11 is 0. The summed E-state index contributed by atoms with van der Waals surface area (Å²) in [5.41, 5.74) is -1.08. The lowest BCUT2D eigenvalue weighted by atomic mass is 9.41. The van der Waals surface area contributed by atoms with Crippen molar-refractivity contribution in [3.63, 3.8) is 0 Å². The molecule has 1 saturated heterocycles. The van der Waals surface area contributed by atoms with Gasteiger partial charge in [0.1, 0.15) is 12.7 Å². The molecule has 8 heteroatoms. The summed E-state index contributed by atoms with van der Waals surface area (Å²) in [6.07, 6.45) is 6.63. The molecule has 0 bridgehead atoms. The summed E-state index contributed by atoms with van der Waals surface area (Å²) in [4.78, 5) is 11.8. The third kappa shape index (κ3) is 3.88. The molecule has 0 unspecified atom stereocenters. The van der Waals surface area contributed by atoms with E-state index in [1.165, 1.54) is 0 Å². The summed E-state index contributed by atoms with van der Waals surface area (Å²) in [6, 6.07) is 0. The van der Waals surface area contributed by atoms with Gasteiger partial charge in [-0.15, -0.1) is 0 Å². The van der Waals surface area contributed by atoms with Gasteiger partial charge in [0.25, 0.3) is 0 Å². The normalized spacial score (nSPS) is 54.5. The summed E-state index contributed by atoms with van der Waals surface area (Å²) < 4.78 is 17.0. The quantitative estimate of drug-likeness (QED) is 0.406. The first-order valence-electron chi connectivity index (χ1n) is 14.9. The topological polar surface area (TPSA) is 126 Å². The molecule has 4 aliphatic carbocycles. The van der Waals surface area contributed by atoms with Gasteiger partial charge >= 0.3 is 5.97 Å². The molecule has 12 atom stereocenters. The summed E-state index contributed by atoms with van der Waals surface area (Å²) in [6.45, 7) is 7.05. The van der Waals surface area contributed by atoms with Crippen LogP contribution < -0.4 is 0 Å². The predicted octanol–water partition coefficient (Wildman–Crippen LogP) is 2.85. The van der Waals surface area contributed by atoms with Crippen LogP contribution in [-0.4, -0.2) is 75.4 Å². The molecule has 8 nitrogen and oxygen atoms in total. The number of esters is 1. The number of ether oxygens (including phenoxy) is 3. The Kier molecular flexibility index (Phi) is 6.61. The van der Waals surface area contributed by atoms with Gasteiger partial charge in [0, 0.05) is 17.9 Å². The number of rotatable bonds is 4. The van der Waals surface area contributed by atoms with Gasteiger partial charge in [-0.2, -0.15) is 0 Å². The van der Waals surface area contributed by atoms with Crippen LogP contribution in [0.3, 0.4) is 0 Å². The number of carbonyl (C=O) groups is 1. The summed E-state index contributed by atoms with van der Waals surface area (Å²) in [7, 11) is 0. The second-order valence-electron chi connectivity index (χ2n) is 14.0. The molecule has 2 aliphatic heterocycles. The zero-order valence-electron chi connectivity index (χ0n) is 23.1. The molecule has 2 heterocycles. The highest BCUT2D eigenvalue weighted by Crippen LogP contribution is 2.70. The van der Waals surface area contributed by atoms with Crippen molar-refractivity contribution in [1.82, 2.24) is 0 Å². The number of carbonyl (C=O) groups excluding carboxylic acids is 1. The van der Waals surface area contributed by atoms with Crippen LogP contribution in [0.5, 0.6) is 0 Å². The number of aliphatic hydroxyl groups is 4. The predicted molar refractivity (Wildman–Crippen MR) is 138 cm³/mol. The van der Waals surface area contributed by atoms with E-state index in [1.54, 1.807) is 13.0 Å². The maximum absolute atomic E-state index is 12.4. The van der Waals surface area contributed by atoms with Gasteiger partial charge in [-0.05, 0) is 99.4 Å². The molecule has 0 amide bonds. The van der Waals surface area contributed by atoms with Crippen LogP contribution in [-0.2, 0) is 19.0 Å². The molecule has 0 aromatic rings. The molecular weight excluding hydrogens is 488 g/mol. The molecular formula is C30H46O8. The maximum atomic E-state index is 12.4. The number of aliphatic hydroxyl groups excluding tert-OH is 2. The van der Waals surface area contributed by atoms with E-state index >= 15 is 0 Å². The number of hydrogen-bond acceptors (Lipinski definition) is 8. The Labute approximate surface area is 225 Å². The highest BCUT2D eigenvalue weighted by atomic mass is 16.7. The van der Waals surface area contributed by atoms with Gasteiger partial charge in [-0.1, -0.05) is 13.8 Å². The fourth-order valence-electron chi connectivity index (χ4n) is 10.0. The van der Waals surface area contributed by atoms with Crippen LogP contribution >= 0.6 is 0 Å². The minimum absolute atomic E-state index is 0.146. The lowest BCUT2D eigenvalue weighted by Crippen LogP contribution is -2.67. The second-order valence-corrected chi connectivity index (χ2v) is 14.0. The number of fused-ring (bicyclic) bond motifs is 5. The Morgan fingerprint density at radius 3 is 2.45 bits per heavy atom. The first-order chi connectivity index (χ1) is 17.9. The molecule has 6 aliphatic rings. The summed E-state index contributed by atoms with van der Waals surface area (Å²) in [5.74, 6) is 0.516. The van der Waals surface area contributed by atoms with Gasteiger partial charge < -0.3 is 34.6 Å². The van der Waals surface area contributed by atoms with Crippen LogP contribution in [0, 0.1) is 34.5 Å². The molecule has 4 N–H and O–H groups in total. The fraction of sp³-hybridized carbons (Fsp3) is 0.900. The van der Waals surface area contributed by atoms with E-state index in [2.05, 4.69) is 13.8 Å². The largest absolute Gasteiger partial charge is 0.458 e. The molecule has 0 aromatic carbocycles. The second kappa shape index (κ2) is 9.25. The maximum Gasteiger partial charge on any atom is 0.331 e. The van der Waals surface area contributed by atoms with Crippen molar-refractivity contribution < 1.29 is 39.4 Å². The molecule has 6 rings (SSSR count). The van der Waals surface area contributed by atoms with E-state index in [0.29, 0.717) is 26.1 Å². The van der Waals surface area contributed by atoms with Gasteiger partial charge in [0.05, 0.1) is 30.0 Å². The standard InChI is InChI=1S/C30H46O8/c1-17-26(33)23(31)13-25(38-17)37-15-18-4-8-27(2)21-5-9-28(3)20(19-12-24(32)36-16-19)7-11-30(28,35)22(21)6-10-29(27,34)14-18/h12,17-18,20-23,25-26,31,33-35H,4-11,13-16H2,1-3H3/t17-,18+,20+,21+,22-,23+,25-,26-,27-,28-,29+,30+/m1/s1. The SMILES string of the molecule is C[C@H]1O[C@@H](OC[C@H]2CC[C@]3(C)[C@H]4CC[C@]5(C)[C@H](C6=CC(=O)OC6)CC[C@]5(O)[C@@H]4CC[C@]3(O)C2)C[C@H](O)[C@@H]1O. The van der Waals surface area contributed by atoms with Crippen LogP contribution in [0.25, 0.3) is 0 Å². The highest BCUT2D eigenvalue weighted by Gasteiger charge is 2.70. The average Bonchev–Trinajstić information content (AvgIpc) is 3.41. The Morgan fingerprint density at radius 2 is 1.74 bits per heavy atom. The summed E-state index contributed by atoms with van der Waals surface area (Å²) in [5, 5.41) is 44.6. The van der Waals surface area contributed by atoms with Crippen LogP contribution in [0.15, 0.2) is 11.6 Å². The third-order valence-corrected chi connectivity index (χ3v) is 12.4. The van der Waals surface area contributed by atoms with Crippen LogP contribution in [0.1, 0.15) is 85.0 Å². The van der Waals surface area contributed by atoms with Crippen molar-refractivity contribution in [2.24, 2.45) is 34.5 Å². The molecule has 0 aromatic heterocycles. The van der Waals surface area contributed by atoms with Gasteiger partial charge in [0.15, 0.2) is 6.29 Å². The van der Waals surface area contributed by atoms with E-state index in [-0.39, 0.29) is 46.9 Å². The molecule has 4 saturated carbocycles. The Hall–Kier alpha value is -1.03. The van der Waals surface area contributed by atoms with Crippen molar-refractivity contribution >= 4 is 5.97 Å². The van der Waals surface area contributed by atoms with Gasteiger partial charge in [-0.25, -0.2) is 4.79 Å². The fourth-order valence-corrected chi connectivity index (χ4v) is 10.0.